The molecular formula is C19H28N2O3. The number of carbonyl (C=O) groups excluding carboxylic acids is 2. The summed E-state index contributed by atoms with van der Waals surface area (Å²) in [6.07, 6.45) is 2.28. The molecule has 5 heteroatoms. The van der Waals surface area contributed by atoms with Crippen molar-refractivity contribution in [2.24, 2.45) is 0 Å². The summed E-state index contributed by atoms with van der Waals surface area (Å²) in [5.41, 5.74) is 2.68. The molecule has 0 saturated carbocycles. The van der Waals surface area contributed by atoms with Crippen molar-refractivity contribution >= 4 is 11.8 Å². The first-order chi connectivity index (χ1) is 11.5. The van der Waals surface area contributed by atoms with Crippen LogP contribution in [0.25, 0.3) is 0 Å². The summed E-state index contributed by atoms with van der Waals surface area (Å²) >= 11 is 0. The number of hydrogen-bond acceptors (Lipinski definition) is 3. The maximum atomic E-state index is 12.9. The van der Waals surface area contributed by atoms with E-state index in [0.29, 0.717) is 26.1 Å². The fourth-order valence-electron chi connectivity index (χ4n) is 3.16. The van der Waals surface area contributed by atoms with E-state index in [2.05, 4.69) is 0 Å². The fourth-order valence-corrected chi connectivity index (χ4v) is 3.16. The summed E-state index contributed by atoms with van der Waals surface area (Å²) in [7, 11) is 1.64. The van der Waals surface area contributed by atoms with Crippen LogP contribution in [0.4, 0.5) is 0 Å². The Morgan fingerprint density at radius 3 is 2.38 bits per heavy atom. The Bertz CT molecular complexity index is 613. The number of rotatable bonds is 4. The van der Waals surface area contributed by atoms with E-state index in [9.17, 15) is 9.59 Å². The van der Waals surface area contributed by atoms with Gasteiger partial charge in [-0.15, -0.1) is 0 Å². The SMILES string of the molecule is CCCC(=O)N1CCCN(C(=O)c2ccc(OC)c(C)c2C)CC1. The van der Waals surface area contributed by atoms with E-state index in [0.717, 1.165) is 41.8 Å². The van der Waals surface area contributed by atoms with E-state index in [1.54, 1.807) is 7.11 Å². The van der Waals surface area contributed by atoms with Gasteiger partial charge in [-0.25, -0.2) is 0 Å². The van der Waals surface area contributed by atoms with Gasteiger partial charge in [-0.3, -0.25) is 9.59 Å². The highest BCUT2D eigenvalue weighted by molar-refractivity contribution is 5.96. The Balaban J connectivity index is 2.11. The van der Waals surface area contributed by atoms with Gasteiger partial charge < -0.3 is 14.5 Å². The van der Waals surface area contributed by atoms with Crippen molar-refractivity contribution in [2.45, 2.75) is 40.0 Å². The highest BCUT2D eigenvalue weighted by Crippen LogP contribution is 2.25. The Hall–Kier alpha value is -2.04. The lowest BCUT2D eigenvalue weighted by Gasteiger charge is -2.23. The predicted octanol–water partition coefficient (Wildman–Crippen LogP) is 2.79. The second-order valence-corrected chi connectivity index (χ2v) is 6.34. The van der Waals surface area contributed by atoms with E-state index in [-0.39, 0.29) is 11.8 Å². The fraction of sp³-hybridized carbons (Fsp3) is 0.579. The molecular weight excluding hydrogens is 304 g/mol. The van der Waals surface area contributed by atoms with Gasteiger partial charge in [0.1, 0.15) is 5.75 Å². The Morgan fingerprint density at radius 2 is 1.71 bits per heavy atom. The third kappa shape index (κ3) is 3.89. The number of carbonyl (C=O) groups is 2. The molecule has 1 aliphatic rings. The second kappa shape index (κ2) is 8.18. The lowest BCUT2D eigenvalue weighted by molar-refractivity contribution is -0.131. The molecule has 132 valence electrons. The molecule has 2 amide bonds. The molecule has 0 N–H and O–H groups in total. The summed E-state index contributed by atoms with van der Waals surface area (Å²) in [5, 5.41) is 0. The van der Waals surface area contributed by atoms with Crippen LogP contribution < -0.4 is 4.74 Å². The zero-order chi connectivity index (χ0) is 17.7. The zero-order valence-corrected chi connectivity index (χ0v) is 15.2. The molecule has 1 aromatic carbocycles. The van der Waals surface area contributed by atoms with E-state index in [1.807, 2.05) is 42.7 Å². The Labute approximate surface area is 144 Å². The van der Waals surface area contributed by atoms with Crippen molar-refractivity contribution < 1.29 is 14.3 Å². The molecule has 5 nitrogen and oxygen atoms in total. The molecule has 1 fully saturated rings. The highest BCUT2D eigenvalue weighted by Gasteiger charge is 2.24. The number of methoxy groups -OCH3 is 1. The number of hydrogen-bond donors (Lipinski definition) is 0. The maximum absolute atomic E-state index is 12.9. The molecule has 0 spiro atoms. The average molecular weight is 332 g/mol. The van der Waals surface area contributed by atoms with Crippen LogP contribution in [0.3, 0.4) is 0 Å². The monoisotopic (exact) mass is 332 g/mol. The maximum Gasteiger partial charge on any atom is 0.254 e. The van der Waals surface area contributed by atoms with Crippen LogP contribution in [0.15, 0.2) is 12.1 Å². The first-order valence-corrected chi connectivity index (χ1v) is 8.70. The van der Waals surface area contributed by atoms with Crippen LogP contribution in [0.2, 0.25) is 0 Å². The van der Waals surface area contributed by atoms with Crippen molar-refractivity contribution in [3.63, 3.8) is 0 Å². The first kappa shape index (κ1) is 18.3. The minimum atomic E-state index is 0.0445. The first-order valence-electron chi connectivity index (χ1n) is 8.70. The van der Waals surface area contributed by atoms with Crippen LogP contribution in [-0.2, 0) is 4.79 Å². The molecule has 1 aromatic rings. The molecule has 2 rings (SSSR count). The van der Waals surface area contributed by atoms with Crippen molar-refractivity contribution in [1.82, 2.24) is 9.80 Å². The van der Waals surface area contributed by atoms with Gasteiger partial charge in [0, 0.05) is 38.2 Å². The highest BCUT2D eigenvalue weighted by atomic mass is 16.5. The van der Waals surface area contributed by atoms with E-state index < -0.39 is 0 Å². The molecule has 0 bridgehead atoms. The van der Waals surface area contributed by atoms with Gasteiger partial charge in [-0.05, 0) is 49.9 Å². The predicted molar refractivity (Wildman–Crippen MR) is 94.5 cm³/mol. The zero-order valence-electron chi connectivity index (χ0n) is 15.2. The molecule has 0 radical (unpaired) electrons. The van der Waals surface area contributed by atoms with Crippen LogP contribution in [0, 0.1) is 13.8 Å². The molecule has 1 heterocycles. The summed E-state index contributed by atoms with van der Waals surface area (Å²) in [6.45, 7) is 8.60. The second-order valence-electron chi connectivity index (χ2n) is 6.34. The van der Waals surface area contributed by atoms with Gasteiger partial charge in [0.2, 0.25) is 5.91 Å². The molecule has 0 unspecified atom stereocenters. The third-order valence-corrected chi connectivity index (χ3v) is 4.79. The van der Waals surface area contributed by atoms with Gasteiger partial charge in [0.25, 0.3) is 5.91 Å². The number of nitrogens with zero attached hydrogens (tertiary/aromatic N) is 2. The summed E-state index contributed by atoms with van der Waals surface area (Å²) in [6, 6.07) is 3.69. The van der Waals surface area contributed by atoms with Crippen molar-refractivity contribution in [2.75, 3.05) is 33.3 Å². The lowest BCUT2D eigenvalue weighted by Crippen LogP contribution is -2.37. The largest absolute Gasteiger partial charge is 0.496 e. The molecule has 1 aliphatic heterocycles. The Kier molecular flexibility index (Phi) is 6.23. The minimum absolute atomic E-state index is 0.0445. The van der Waals surface area contributed by atoms with Gasteiger partial charge in [-0.2, -0.15) is 0 Å². The number of ether oxygens (including phenoxy) is 1. The van der Waals surface area contributed by atoms with Crippen molar-refractivity contribution in [3.8, 4) is 5.75 Å². The summed E-state index contributed by atoms with van der Waals surface area (Å²) in [4.78, 5) is 28.7. The van der Waals surface area contributed by atoms with Crippen molar-refractivity contribution in [3.05, 3.63) is 28.8 Å². The molecule has 1 saturated heterocycles. The summed E-state index contributed by atoms with van der Waals surface area (Å²) in [5.74, 6) is 1.04. The van der Waals surface area contributed by atoms with Crippen LogP contribution in [0.1, 0.15) is 47.7 Å². The van der Waals surface area contributed by atoms with E-state index in [1.165, 1.54) is 0 Å². The number of benzene rings is 1. The quantitative estimate of drug-likeness (QED) is 0.852. The molecule has 0 aliphatic carbocycles. The third-order valence-electron chi connectivity index (χ3n) is 4.79. The number of amides is 2. The standard InChI is InChI=1S/C19H28N2O3/c1-5-7-18(22)20-10-6-11-21(13-12-20)19(23)16-8-9-17(24-4)15(3)14(16)2/h8-9H,5-7,10-13H2,1-4H3. The topological polar surface area (TPSA) is 49.9 Å². The van der Waals surface area contributed by atoms with Crippen LogP contribution in [-0.4, -0.2) is 54.9 Å². The van der Waals surface area contributed by atoms with Crippen LogP contribution >= 0.6 is 0 Å². The molecule has 0 atom stereocenters. The van der Waals surface area contributed by atoms with Gasteiger partial charge in [-0.1, -0.05) is 6.92 Å². The molecule has 24 heavy (non-hydrogen) atoms. The van der Waals surface area contributed by atoms with Crippen LogP contribution in [0.5, 0.6) is 5.75 Å². The average Bonchev–Trinajstić information content (AvgIpc) is 2.83. The Morgan fingerprint density at radius 1 is 1.04 bits per heavy atom. The van der Waals surface area contributed by atoms with Gasteiger partial charge >= 0.3 is 0 Å². The minimum Gasteiger partial charge on any atom is -0.496 e. The van der Waals surface area contributed by atoms with E-state index in [4.69, 9.17) is 4.74 Å². The van der Waals surface area contributed by atoms with Gasteiger partial charge in [0.15, 0.2) is 0 Å². The lowest BCUT2D eigenvalue weighted by atomic mass is 10.0. The van der Waals surface area contributed by atoms with Crippen molar-refractivity contribution in [1.29, 1.82) is 0 Å². The normalized spacial score (nSPS) is 15.2. The molecule has 0 aromatic heterocycles. The van der Waals surface area contributed by atoms with Gasteiger partial charge in [0.05, 0.1) is 7.11 Å². The summed E-state index contributed by atoms with van der Waals surface area (Å²) < 4.78 is 5.32. The van der Waals surface area contributed by atoms with E-state index >= 15 is 0 Å². The smallest absolute Gasteiger partial charge is 0.254 e.